The quantitative estimate of drug-likeness (QED) is 0.848. The summed E-state index contributed by atoms with van der Waals surface area (Å²) in [4.78, 5) is 1.07. The zero-order valence-corrected chi connectivity index (χ0v) is 14.8. The van der Waals surface area contributed by atoms with E-state index in [1.807, 2.05) is 14.0 Å². The van der Waals surface area contributed by atoms with E-state index in [1.165, 1.54) is 11.3 Å². The van der Waals surface area contributed by atoms with E-state index in [1.54, 1.807) is 6.07 Å². The number of aryl methyl sites for hydroxylation is 1. The van der Waals surface area contributed by atoms with Crippen LogP contribution in [0, 0.1) is 18.3 Å². The molecule has 1 heterocycles. The summed E-state index contributed by atoms with van der Waals surface area (Å²) in [6, 6.07) is 1.75. The van der Waals surface area contributed by atoms with Crippen molar-refractivity contribution in [3.8, 4) is 0 Å². The van der Waals surface area contributed by atoms with Crippen LogP contribution in [0.15, 0.2) is 10.3 Å². The first-order valence-electron chi connectivity index (χ1n) is 6.81. The second kappa shape index (κ2) is 6.56. The van der Waals surface area contributed by atoms with Crippen molar-refractivity contribution in [2.24, 2.45) is 11.3 Å². The largest absolute Gasteiger partial charge is 0.315 e. The van der Waals surface area contributed by atoms with Gasteiger partial charge in [0, 0.05) is 18.0 Å². The summed E-state index contributed by atoms with van der Waals surface area (Å²) in [5, 5.41) is 3.05. The van der Waals surface area contributed by atoms with Crippen molar-refractivity contribution in [1.29, 1.82) is 0 Å². The van der Waals surface area contributed by atoms with Crippen LogP contribution in [0.4, 0.5) is 0 Å². The van der Waals surface area contributed by atoms with Crippen molar-refractivity contribution in [2.75, 3.05) is 13.6 Å². The van der Waals surface area contributed by atoms with Crippen LogP contribution in [-0.2, 0) is 16.6 Å². The molecular formula is C14H26N2O2S2. The van der Waals surface area contributed by atoms with Gasteiger partial charge in [-0.15, -0.1) is 11.3 Å². The summed E-state index contributed by atoms with van der Waals surface area (Å²) in [7, 11) is -1.54. The van der Waals surface area contributed by atoms with Gasteiger partial charge in [-0.1, -0.05) is 27.7 Å². The van der Waals surface area contributed by atoms with Gasteiger partial charge in [0.2, 0.25) is 10.0 Å². The van der Waals surface area contributed by atoms with Crippen LogP contribution >= 0.6 is 11.3 Å². The average molecular weight is 319 g/mol. The van der Waals surface area contributed by atoms with Crippen molar-refractivity contribution in [2.45, 2.75) is 45.4 Å². The van der Waals surface area contributed by atoms with Crippen LogP contribution in [0.2, 0.25) is 0 Å². The van der Waals surface area contributed by atoms with Crippen LogP contribution in [0.3, 0.4) is 0 Å². The molecule has 0 aliphatic heterocycles. The third-order valence-corrected chi connectivity index (χ3v) is 6.79. The molecule has 6 heteroatoms. The molecule has 4 nitrogen and oxygen atoms in total. The van der Waals surface area contributed by atoms with Gasteiger partial charge in [0.05, 0.1) is 0 Å². The van der Waals surface area contributed by atoms with Crippen molar-refractivity contribution in [3.63, 3.8) is 0 Å². The Morgan fingerprint density at radius 2 is 1.95 bits per heavy atom. The first-order valence-corrected chi connectivity index (χ1v) is 9.11. The van der Waals surface area contributed by atoms with Crippen LogP contribution in [0.1, 0.15) is 38.1 Å². The molecule has 0 amide bonds. The molecule has 116 valence electrons. The lowest BCUT2D eigenvalue weighted by atomic mass is 9.82. The minimum Gasteiger partial charge on any atom is -0.315 e. The normalized spacial score (nSPS) is 14.5. The molecule has 1 aromatic rings. The van der Waals surface area contributed by atoms with E-state index in [9.17, 15) is 8.42 Å². The van der Waals surface area contributed by atoms with Gasteiger partial charge in [-0.05, 0) is 36.9 Å². The standard InChI is InChI=1S/C14H26N2O2S2/c1-10-7-13(19-12(10)9-15-6)20(17,18)16-8-11(2)14(3,4)5/h7,11,15-16H,8-9H2,1-6H3. The highest BCUT2D eigenvalue weighted by molar-refractivity contribution is 7.91. The maximum Gasteiger partial charge on any atom is 0.250 e. The summed E-state index contributed by atoms with van der Waals surface area (Å²) < 4.78 is 27.8. The lowest BCUT2D eigenvalue weighted by Gasteiger charge is -2.27. The SMILES string of the molecule is CNCc1sc(S(=O)(=O)NCC(C)C(C)(C)C)cc1C. The fourth-order valence-corrected chi connectivity index (χ4v) is 4.35. The molecule has 2 N–H and O–H groups in total. The molecule has 0 fully saturated rings. The van der Waals surface area contributed by atoms with Crippen LogP contribution in [-0.4, -0.2) is 22.0 Å². The predicted octanol–water partition coefficient (Wildman–Crippen LogP) is 2.74. The van der Waals surface area contributed by atoms with Crippen LogP contribution in [0.25, 0.3) is 0 Å². The molecule has 0 aromatic carbocycles. The second-order valence-electron chi connectivity index (χ2n) is 6.32. The van der Waals surface area contributed by atoms with Crippen molar-refractivity contribution in [3.05, 3.63) is 16.5 Å². The molecule has 1 aromatic heterocycles. The molecule has 1 unspecified atom stereocenters. The fourth-order valence-electron chi connectivity index (χ4n) is 1.57. The third kappa shape index (κ3) is 4.55. The fraction of sp³-hybridized carbons (Fsp3) is 0.714. The Balaban J connectivity index is 2.82. The van der Waals surface area contributed by atoms with Gasteiger partial charge in [0.1, 0.15) is 4.21 Å². The minimum atomic E-state index is -3.39. The highest BCUT2D eigenvalue weighted by Crippen LogP contribution is 2.27. The van der Waals surface area contributed by atoms with E-state index in [2.05, 4.69) is 37.7 Å². The lowest BCUT2D eigenvalue weighted by molar-refractivity contribution is 0.263. The summed E-state index contributed by atoms with van der Waals surface area (Å²) in [5.41, 5.74) is 1.11. The minimum absolute atomic E-state index is 0.0885. The Kier molecular flexibility index (Phi) is 5.78. The number of thiophene rings is 1. The van der Waals surface area contributed by atoms with Gasteiger partial charge < -0.3 is 5.32 Å². The zero-order chi connectivity index (χ0) is 15.6. The summed E-state index contributed by atoms with van der Waals surface area (Å²) in [6.07, 6.45) is 0. The molecule has 20 heavy (non-hydrogen) atoms. The van der Waals surface area contributed by atoms with Gasteiger partial charge in [-0.25, -0.2) is 13.1 Å². The summed E-state index contributed by atoms with van der Waals surface area (Å²) in [6.45, 7) is 11.5. The van der Waals surface area contributed by atoms with E-state index in [-0.39, 0.29) is 11.3 Å². The van der Waals surface area contributed by atoms with Gasteiger partial charge in [-0.3, -0.25) is 0 Å². The molecular weight excluding hydrogens is 292 g/mol. The highest BCUT2D eigenvalue weighted by atomic mass is 32.2. The van der Waals surface area contributed by atoms with Gasteiger partial charge in [-0.2, -0.15) is 0 Å². The number of sulfonamides is 1. The highest BCUT2D eigenvalue weighted by Gasteiger charge is 2.24. The molecule has 1 rings (SSSR count). The van der Waals surface area contributed by atoms with E-state index in [0.717, 1.165) is 10.4 Å². The van der Waals surface area contributed by atoms with E-state index < -0.39 is 10.0 Å². The zero-order valence-electron chi connectivity index (χ0n) is 13.2. The number of rotatable bonds is 6. The van der Waals surface area contributed by atoms with Crippen molar-refractivity contribution < 1.29 is 8.42 Å². The monoisotopic (exact) mass is 318 g/mol. The Morgan fingerprint density at radius 3 is 2.45 bits per heavy atom. The molecule has 0 radical (unpaired) electrons. The van der Waals surface area contributed by atoms with Gasteiger partial charge in [0.15, 0.2) is 0 Å². The van der Waals surface area contributed by atoms with Gasteiger partial charge >= 0.3 is 0 Å². The average Bonchev–Trinajstić information content (AvgIpc) is 2.68. The van der Waals surface area contributed by atoms with E-state index in [0.29, 0.717) is 17.3 Å². The Bertz CT molecular complexity index is 542. The van der Waals surface area contributed by atoms with Crippen molar-refractivity contribution >= 4 is 21.4 Å². The van der Waals surface area contributed by atoms with E-state index in [4.69, 9.17) is 0 Å². The third-order valence-electron chi connectivity index (χ3n) is 3.66. The first kappa shape index (κ1) is 17.6. The second-order valence-corrected chi connectivity index (χ2v) is 9.45. The maximum absolute atomic E-state index is 12.3. The molecule has 1 atom stereocenters. The smallest absolute Gasteiger partial charge is 0.250 e. The molecule has 0 saturated heterocycles. The van der Waals surface area contributed by atoms with Crippen molar-refractivity contribution in [1.82, 2.24) is 10.0 Å². The lowest BCUT2D eigenvalue weighted by Crippen LogP contribution is -2.33. The Labute approximate surface area is 127 Å². The summed E-state index contributed by atoms with van der Waals surface area (Å²) >= 11 is 1.34. The Hall–Kier alpha value is -0.430. The Morgan fingerprint density at radius 1 is 1.35 bits per heavy atom. The number of hydrogen-bond donors (Lipinski definition) is 2. The first-order chi connectivity index (χ1) is 9.08. The topological polar surface area (TPSA) is 58.2 Å². The molecule has 0 saturated carbocycles. The summed E-state index contributed by atoms with van der Waals surface area (Å²) in [5.74, 6) is 0.273. The molecule has 0 bridgehead atoms. The molecule has 0 aliphatic carbocycles. The maximum atomic E-state index is 12.3. The molecule has 0 spiro atoms. The number of nitrogens with one attached hydrogen (secondary N) is 2. The van der Waals surface area contributed by atoms with Crippen LogP contribution in [0.5, 0.6) is 0 Å². The van der Waals surface area contributed by atoms with E-state index >= 15 is 0 Å². The predicted molar refractivity (Wildman–Crippen MR) is 85.6 cm³/mol. The molecule has 0 aliphatic rings. The van der Waals surface area contributed by atoms with Gasteiger partial charge in [0.25, 0.3) is 0 Å². The van der Waals surface area contributed by atoms with Crippen LogP contribution < -0.4 is 10.0 Å². The number of hydrogen-bond acceptors (Lipinski definition) is 4.